The molecule has 3 aromatic carbocycles. The van der Waals surface area contributed by atoms with Gasteiger partial charge in [-0.2, -0.15) is 5.10 Å². The van der Waals surface area contributed by atoms with Crippen molar-refractivity contribution in [3.63, 3.8) is 0 Å². The third-order valence-electron chi connectivity index (χ3n) is 3.71. The largest absolute Gasteiger partial charge is 0.483 e. The smallest absolute Gasteiger partial charge is 0.277 e. The Morgan fingerprint density at radius 2 is 1.96 bits per heavy atom. The monoisotopic (exact) mass is 396 g/mol. The second-order valence-electron chi connectivity index (χ2n) is 5.56. The van der Waals surface area contributed by atoms with E-state index in [0.717, 1.165) is 26.4 Å². The molecule has 0 unspecified atom stereocenters. The van der Waals surface area contributed by atoms with Crippen molar-refractivity contribution < 1.29 is 9.53 Å². The van der Waals surface area contributed by atoms with Gasteiger partial charge in [-0.3, -0.25) is 4.79 Å². The van der Waals surface area contributed by atoms with Gasteiger partial charge in [-0.1, -0.05) is 58.4 Å². The molecule has 0 atom stereocenters. The van der Waals surface area contributed by atoms with Gasteiger partial charge in [0, 0.05) is 10.0 Å². The van der Waals surface area contributed by atoms with Gasteiger partial charge in [0.2, 0.25) is 0 Å². The zero-order valence-electron chi connectivity index (χ0n) is 13.7. The highest BCUT2D eigenvalue weighted by Crippen LogP contribution is 2.22. The van der Waals surface area contributed by atoms with Crippen molar-refractivity contribution in [1.82, 2.24) is 5.43 Å². The van der Waals surface area contributed by atoms with Gasteiger partial charge < -0.3 is 4.74 Å². The van der Waals surface area contributed by atoms with E-state index in [4.69, 9.17) is 4.74 Å². The molecule has 3 rings (SSSR count). The van der Waals surface area contributed by atoms with Crippen molar-refractivity contribution >= 4 is 38.8 Å². The summed E-state index contributed by atoms with van der Waals surface area (Å²) >= 11 is 3.40. The maximum absolute atomic E-state index is 11.9. The Labute approximate surface area is 154 Å². The number of ether oxygens (including phenoxy) is 1. The Morgan fingerprint density at radius 3 is 2.80 bits per heavy atom. The van der Waals surface area contributed by atoms with Crippen LogP contribution in [0.4, 0.5) is 0 Å². The van der Waals surface area contributed by atoms with E-state index in [-0.39, 0.29) is 12.5 Å². The van der Waals surface area contributed by atoms with Crippen molar-refractivity contribution in [2.24, 2.45) is 5.10 Å². The summed E-state index contributed by atoms with van der Waals surface area (Å²) in [5.41, 5.74) is 4.40. The molecule has 0 bridgehead atoms. The Bertz CT molecular complexity index is 933. The van der Waals surface area contributed by atoms with Gasteiger partial charge in [-0.15, -0.1) is 0 Å². The van der Waals surface area contributed by atoms with Crippen molar-refractivity contribution in [2.45, 2.75) is 6.92 Å². The highest BCUT2D eigenvalue weighted by atomic mass is 79.9. The molecule has 25 heavy (non-hydrogen) atoms. The first-order valence-electron chi connectivity index (χ1n) is 7.82. The summed E-state index contributed by atoms with van der Waals surface area (Å²) < 4.78 is 6.49. The lowest BCUT2D eigenvalue weighted by molar-refractivity contribution is -0.123. The minimum absolute atomic E-state index is 0.0879. The van der Waals surface area contributed by atoms with Gasteiger partial charge >= 0.3 is 0 Å². The van der Waals surface area contributed by atoms with Gasteiger partial charge in [0.05, 0.1) is 6.21 Å². The molecule has 0 aliphatic rings. The van der Waals surface area contributed by atoms with Crippen molar-refractivity contribution in [3.05, 3.63) is 76.3 Å². The van der Waals surface area contributed by atoms with E-state index < -0.39 is 0 Å². The molecule has 0 spiro atoms. The molecule has 1 amide bonds. The molecule has 0 aromatic heterocycles. The van der Waals surface area contributed by atoms with Gasteiger partial charge in [-0.05, 0) is 41.5 Å². The molecule has 126 valence electrons. The average Bonchev–Trinajstić information content (AvgIpc) is 2.61. The molecule has 0 radical (unpaired) electrons. The topological polar surface area (TPSA) is 50.7 Å². The Morgan fingerprint density at radius 1 is 1.16 bits per heavy atom. The number of rotatable bonds is 5. The maximum Gasteiger partial charge on any atom is 0.277 e. The zero-order chi connectivity index (χ0) is 17.6. The van der Waals surface area contributed by atoms with Crippen LogP contribution in [0.15, 0.2) is 70.2 Å². The maximum atomic E-state index is 11.9. The predicted octanol–water partition coefficient (Wildman–Crippen LogP) is 4.44. The molecule has 5 heteroatoms. The summed E-state index contributed by atoms with van der Waals surface area (Å²) in [6, 6.07) is 19.6. The quantitative estimate of drug-likeness (QED) is 0.511. The number of carbonyl (C=O) groups is 1. The predicted molar refractivity (Wildman–Crippen MR) is 104 cm³/mol. The van der Waals surface area contributed by atoms with Gasteiger partial charge in [0.25, 0.3) is 5.91 Å². The lowest BCUT2D eigenvalue weighted by Crippen LogP contribution is -2.24. The number of nitrogens with one attached hydrogen (secondary N) is 1. The van der Waals surface area contributed by atoms with Crippen LogP contribution in [0, 0.1) is 6.92 Å². The highest BCUT2D eigenvalue weighted by molar-refractivity contribution is 9.10. The number of halogens is 1. The normalized spacial score (nSPS) is 11.0. The molecule has 0 fully saturated rings. The fourth-order valence-corrected chi connectivity index (χ4v) is 2.96. The summed E-state index contributed by atoms with van der Waals surface area (Å²) in [6.07, 6.45) is 1.64. The third kappa shape index (κ3) is 4.45. The van der Waals surface area contributed by atoms with Crippen LogP contribution in [0.3, 0.4) is 0 Å². The number of benzene rings is 3. The molecule has 0 heterocycles. The van der Waals surface area contributed by atoms with Crippen LogP contribution in [-0.2, 0) is 4.79 Å². The van der Waals surface area contributed by atoms with Crippen LogP contribution < -0.4 is 10.2 Å². The van der Waals surface area contributed by atoms with E-state index in [1.807, 2.05) is 67.6 Å². The fraction of sp³-hybridized carbons (Fsp3) is 0.100. The van der Waals surface area contributed by atoms with Gasteiger partial charge in [-0.25, -0.2) is 5.43 Å². The molecular formula is C20H17BrN2O2. The first-order valence-corrected chi connectivity index (χ1v) is 8.61. The minimum atomic E-state index is -0.307. The molecule has 0 aliphatic heterocycles. The van der Waals surface area contributed by atoms with Gasteiger partial charge in [0.1, 0.15) is 5.75 Å². The van der Waals surface area contributed by atoms with Crippen LogP contribution in [0.25, 0.3) is 10.8 Å². The SMILES string of the molecule is Cc1cc(Br)ccc1OCC(=O)N/N=C/c1cccc2ccccc12. The number of amides is 1. The van der Waals surface area contributed by atoms with Crippen LogP contribution in [0.1, 0.15) is 11.1 Å². The van der Waals surface area contributed by atoms with E-state index in [1.165, 1.54) is 0 Å². The molecule has 0 saturated carbocycles. The molecule has 4 nitrogen and oxygen atoms in total. The third-order valence-corrected chi connectivity index (χ3v) is 4.21. The minimum Gasteiger partial charge on any atom is -0.483 e. The zero-order valence-corrected chi connectivity index (χ0v) is 15.3. The fourth-order valence-electron chi connectivity index (χ4n) is 2.49. The average molecular weight is 397 g/mol. The molecule has 3 aromatic rings. The highest BCUT2D eigenvalue weighted by Gasteiger charge is 2.04. The summed E-state index contributed by atoms with van der Waals surface area (Å²) in [5.74, 6) is 0.371. The van der Waals surface area contributed by atoms with Crippen molar-refractivity contribution in [1.29, 1.82) is 0 Å². The number of hydrazone groups is 1. The molecule has 1 N–H and O–H groups in total. The van der Waals surface area contributed by atoms with Crippen LogP contribution in [-0.4, -0.2) is 18.7 Å². The lowest BCUT2D eigenvalue weighted by Gasteiger charge is -2.08. The van der Waals surface area contributed by atoms with Gasteiger partial charge in [0.15, 0.2) is 6.61 Å². The first-order chi connectivity index (χ1) is 12.1. The standard InChI is InChI=1S/C20H17BrN2O2/c1-14-11-17(21)9-10-19(14)25-13-20(24)23-22-12-16-7-4-6-15-5-2-3-8-18(15)16/h2-12H,13H2,1H3,(H,23,24)/b22-12+. The van der Waals surface area contributed by atoms with Crippen LogP contribution in [0.2, 0.25) is 0 Å². The number of fused-ring (bicyclic) bond motifs is 1. The molecule has 0 aliphatic carbocycles. The van der Waals surface area contributed by atoms with E-state index in [1.54, 1.807) is 6.21 Å². The van der Waals surface area contributed by atoms with E-state index in [0.29, 0.717) is 5.75 Å². The summed E-state index contributed by atoms with van der Waals surface area (Å²) in [6.45, 7) is 1.84. The summed E-state index contributed by atoms with van der Waals surface area (Å²) in [4.78, 5) is 11.9. The molecular weight excluding hydrogens is 380 g/mol. The molecule has 0 saturated heterocycles. The lowest BCUT2D eigenvalue weighted by atomic mass is 10.1. The van der Waals surface area contributed by atoms with Crippen molar-refractivity contribution in [2.75, 3.05) is 6.61 Å². The number of carbonyl (C=O) groups excluding carboxylic acids is 1. The number of nitrogens with zero attached hydrogens (tertiary/aromatic N) is 1. The number of hydrogen-bond acceptors (Lipinski definition) is 3. The summed E-state index contributed by atoms with van der Waals surface area (Å²) in [5, 5.41) is 6.25. The number of aryl methyl sites for hydroxylation is 1. The number of hydrogen-bond donors (Lipinski definition) is 1. The van der Waals surface area contributed by atoms with Crippen molar-refractivity contribution in [3.8, 4) is 5.75 Å². The Kier molecular flexibility index (Phi) is 5.46. The second-order valence-corrected chi connectivity index (χ2v) is 6.48. The first kappa shape index (κ1) is 17.2. The van der Waals surface area contributed by atoms with E-state index >= 15 is 0 Å². The Hall–Kier alpha value is -2.66. The Balaban J connectivity index is 1.59. The van der Waals surface area contributed by atoms with E-state index in [2.05, 4.69) is 26.5 Å². The summed E-state index contributed by atoms with van der Waals surface area (Å²) in [7, 11) is 0. The van der Waals surface area contributed by atoms with Crippen LogP contribution in [0.5, 0.6) is 5.75 Å². The van der Waals surface area contributed by atoms with E-state index in [9.17, 15) is 4.79 Å². The van der Waals surface area contributed by atoms with Crippen LogP contribution >= 0.6 is 15.9 Å². The second kappa shape index (κ2) is 7.94.